The number of hydrogen-bond donors (Lipinski definition) is 10. The minimum Gasteiger partial charge on any atom is -0.492 e. The molecule has 0 fully saturated rings. The van der Waals surface area contributed by atoms with Crippen LogP contribution < -0.4 is 32.7 Å². The number of fused-ring (bicyclic) bond motifs is 1. The van der Waals surface area contributed by atoms with Crippen molar-refractivity contribution in [2.75, 3.05) is 23.3 Å². The van der Waals surface area contributed by atoms with Crippen molar-refractivity contribution in [3.63, 3.8) is 0 Å². The number of nitrogens with zero attached hydrogens (tertiary/aromatic N) is 4. The maximum absolute atomic E-state index is 12.7. The largest absolute Gasteiger partial charge is 0.492 e. The Morgan fingerprint density at radius 3 is 2.27 bits per heavy atom. The Morgan fingerprint density at radius 2 is 1.64 bits per heavy atom. The topological polar surface area (TPSA) is 298 Å². The molecule has 11 N–H and O–H groups in total. The standard InChI is InChI=1S/C25H30N10O8S/c26-14(21(38)33-16(10-44)24(42)43)9-29-17(36)6-5-15(23(40)41)32-20(37)11-1-3-12(4-2-11)28-7-13-8-30-19-18(31-13)22(39)35-25(27)34-19/h1-4,8,14-16,28,44H,5-7,9-10,26H2,(H,29,36)(H,32,37)(H,33,38)(H,40,41)(H,42,43)(H3,27,30,34,35,39)/t14-,15-,16+/m1/s1. The Balaban J connectivity index is 1.47. The van der Waals surface area contributed by atoms with Crippen LogP contribution in [0.15, 0.2) is 30.5 Å². The van der Waals surface area contributed by atoms with Crippen LogP contribution in [-0.4, -0.2) is 95.3 Å². The van der Waals surface area contributed by atoms with E-state index in [0.29, 0.717) is 11.4 Å². The number of carboxylic acids is 2. The fourth-order valence-corrected chi connectivity index (χ4v) is 3.85. The number of anilines is 2. The Bertz CT molecular complexity index is 1540. The summed E-state index contributed by atoms with van der Waals surface area (Å²) in [4.78, 5) is 75.4. The molecule has 2 aromatic heterocycles. The molecule has 234 valence electrons. The number of carbonyl (C=O) groups excluding carboxylic acids is 3. The maximum atomic E-state index is 12.7. The highest BCUT2D eigenvalue weighted by Gasteiger charge is 2.24. The quantitative estimate of drug-likeness (QED) is 0.0831. The van der Waals surface area contributed by atoms with Gasteiger partial charge in [0.2, 0.25) is 23.6 Å². The lowest BCUT2D eigenvalue weighted by Crippen LogP contribution is -2.53. The van der Waals surface area contributed by atoms with Crippen molar-refractivity contribution < 1.29 is 39.3 Å². The minimum atomic E-state index is -1.39. The van der Waals surface area contributed by atoms with Crippen LogP contribution in [0.1, 0.15) is 28.9 Å². The SMILES string of the molecule is Nc1nc(O)c2nc(CNc3ccc(C(=O)N[C@H](CCC(=O)NC[C@@H](N)C(=O)N[C@@H](CS)C(=O)O)C(=O)O)cc3)cnc2n1. The number of nitrogens with two attached hydrogens (primary N) is 2. The molecule has 3 aromatic rings. The van der Waals surface area contributed by atoms with Crippen LogP contribution in [0.4, 0.5) is 11.6 Å². The van der Waals surface area contributed by atoms with E-state index in [-0.39, 0.29) is 54.4 Å². The maximum Gasteiger partial charge on any atom is 0.327 e. The lowest BCUT2D eigenvalue weighted by molar-refractivity contribution is -0.141. The highest BCUT2D eigenvalue weighted by Crippen LogP contribution is 2.19. The van der Waals surface area contributed by atoms with E-state index in [2.05, 4.69) is 53.8 Å². The van der Waals surface area contributed by atoms with Gasteiger partial charge in [-0.2, -0.15) is 22.6 Å². The molecule has 1 aromatic carbocycles. The summed E-state index contributed by atoms with van der Waals surface area (Å²) in [7, 11) is 0. The van der Waals surface area contributed by atoms with E-state index < -0.39 is 53.7 Å². The van der Waals surface area contributed by atoms with Crippen LogP contribution in [-0.2, 0) is 25.7 Å². The molecule has 3 atom stereocenters. The van der Waals surface area contributed by atoms with Crippen molar-refractivity contribution in [2.24, 2.45) is 5.73 Å². The number of nitrogens with one attached hydrogen (secondary N) is 4. The van der Waals surface area contributed by atoms with Gasteiger partial charge in [-0.3, -0.25) is 14.4 Å². The summed E-state index contributed by atoms with van der Waals surface area (Å²) in [6, 6.07) is 2.20. The van der Waals surface area contributed by atoms with Gasteiger partial charge < -0.3 is 48.1 Å². The van der Waals surface area contributed by atoms with E-state index in [9.17, 15) is 34.2 Å². The second-order valence-corrected chi connectivity index (χ2v) is 9.63. The van der Waals surface area contributed by atoms with Crippen molar-refractivity contribution in [3.8, 4) is 5.88 Å². The summed E-state index contributed by atoms with van der Waals surface area (Å²) in [6.45, 7) is -0.122. The van der Waals surface area contributed by atoms with Crippen molar-refractivity contribution >= 4 is 65.1 Å². The predicted molar refractivity (Wildman–Crippen MR) is 158 cm³/mol. The fourth-order valence-electron chi connectivity index (χ4n) is 3.61. The number of amides is 3. The zero-order valence-electron chi connectivity index (χ0n) is 22.9. The number of carboxylic acid groups (broad SMARTS) is 2. The Morgan fingerprint density at radius 1 is 0.955 bits per heavy atom. The van der Waals surface area contributed by atoms with Crippen molar-refractivity contribution in [1.82, 2.24) is 35.9 Å². The average Bonchev–Trinajstić information content (AvgIpc) is 2.99. The predicted octanol–water partition coefficient (Wildman–Crippen LogP) is -1.77. The summed E-state index contributed by atoms with van der Waals surface area (Å²) in [5.41, 5.74) is 12.6. The van der Waals surface area contributed by atoms with Gasteiger partial charge in [-0.1, -0.05) is 0 Å². The molecule has 2 heterocycles. The van der Waals surface area contributed by atoms with E-state index in [1.807, 2.05) is 0 Å². The first-order chi connectivity index (χ1) is 20.9. The van der Waals surface area contributed by atoms with Gasteiger partial charge in [0.15, 0.2) is 11.2 Å². The van der Waals surface area contributed by atoms with Crippen LogP contribution in [0.5, 0.6) is 5.88 Å². The molecule has 19 heteroatoms. The lowest BCUT2D eigenvalue weighted by atomic mass is 10.1. The molecule has 0 saturated heterocycles. The van der Waals surface area contributed by atoms with Crippen LogP contribution >= 0.6 is 12.6 Å². The van der Waals surface area contributed by atoms with Crippen molar-refractivity contribution in [3.05, 3.63) is 41.7 Å². The third kappa shape index (κ3) is 9.36. The summed E-state index contributed by atoms with van der Waals surface area (Å²) in [5, 5.41) is 38.4. The Hall–Kier alpha value is -5.30. The van der Waals surface area contributed by atoms with Gasteiger partial charge in [0.05, 0.1) is 18.4 Å². The molecule has 0 aliphatic heterocycles. The van der Waals surface area contributed by atoms with Gasteiger partial charge in [0.1, 0.15) is 18.1 Å². The molecule has 0 bridgehead atoms. The fraction of sp³-hybridized carbons (Fsp3) is 0.320. The van der Waals surface area contributed by atoms with Crippen LogP contribution in [0.3, 0.4) is 0 Å². The molecule has 0 saturated carbocycles. The molecule has 0 radical (unpaired) electrons. The van der Waals surface area contributed by atoms with Gasteiger partial charge in [-0.05, 0) is 30.7 Å². The van der Waals surface area contributed by atoms with Crippen molar-refractivity contribution in [2.45, 2.75) is 37.5 Å². The third-order valence-corrected chi connectivity index (χ3v) is 6.36. The second-order valence-electron chi connectivity index (χ2n) is 9.27. The first kappa shape index (κ1) is 33.2. The first-order valence-corrected chi connectivity index (χ1v) is 13.5. The summed E-state index contributed by atoms with van der Waals surface area (Å²) < 4.78 is 0. The number of thiol groups is 1. The molecular weight excluding hydrogens is 600 g/mol. The van der Waals surface area contributed by atoms with Gasteiger partial charge >= 0.3 is 11.9 Å². The molecule has 44 heavy (non-hydrogen) atoms. The van der Waals surface area contributed by atoms with Crippen LogP contribution in [0.25, 0.3) is 11.2 Å². The Labute approximate surface area is 254 Å². The lowest BCUT2D eigenvalue weighted by Gasteiger charge is -2.17. The number of aromatic hydroxyl groups is 1. The zero-order chi connectivity index (χ0) is 32.4. The van der Waals surface area contributed by atoms with E-state index in [4.69, 9.17) is 16.6 Å². The van der Waals surface area contributed by atoms with Gasteiger partial charge in [0, 0.05) is 30.0 Å². The molecule has 18 nitrogen and oxygen atoms in total. The molecule has 3 amide bonds. The number of aromatic nitrogens is 4. The highest BCUT2D eigenvalue weighted by atomic mass is 32.1. The number of aliphatic carboxylic acids is 2. The first-order valence-electron chi connectivity index (χ1n) is 12.9. The van der Waals surface area contributed by atoms with E-state index in [1.54, 1.807) is 12.1 Å². The zero-order valence-corrected chi connectivity index (χ0v) is 23.8. The summed E-state index contributed by atoms with van der Waals surface area (Å²) >= 11 is 3.83. The van der Waals surface area contributed by atoms with Crippen LogP contribution in [0.2, 0.25) is 0 Å². The second kappa shape index (κ2) is 15.3. The van der Waals surface area contributed by atoms with Gasteiger partial charge in [-0.15, -0.1) is 0 Å². The monoisotopic (exact) mass is 630 g/mol. The summed E-state index contributed by atoms with van der Waals surface area (Å²) in [6.07, 6.45) is 0.883. The molecule has 0 aliphatic rings. The number of carbonyl (C=O) groups is 5. The van der Waals surface area contributed by atoms with Crippen molar-refractivity contribution in [1.29, 1.82) is 0 Å². The smallest absolute Gasteiger partial charge is 0.327 e. The normalized spacial score (nSPS) is 12.9. The Kier molecular flexibility index (Phi) is 11.5. The van der Waals surface area contributed by atoms with E-state index in [1.165, 1.54) is 18.3 Å². The van der Waals surface area contributed by atoms with E-state index >= 15 is 0 Å². The van der Waals surface area contributed by atoms with Gasteiger partial charge in [0.25, 0.3) is 5.91 Å². The molecular formula is C25H30N10O8S. The molecule has 0 unspecified atom stereocenters. The number of rotatable bonds is 15. The minimum absolute atomic E-state index is 0.0857. The average molecular weight is 631 g/mol. The molecule has 0 aliphatic carbocycles. The number of nitrogen functional groups attached to an aromatic ring is 1. The molecule has 0 spiro atoms. The number of hydrogen-bond acceptors (Lipinski definition) is 14. The van der Waals surface area contributed by atoms with Gasteiger partial charge in [-0.25, -0.2) is 19.6 Å². The third-order valence-electron chi connectivity index (χ3n) is 5.99. The van der Waals surface area contributed by atoms with Crippen LogP contribution in [0, 0.1) is 0 Å². The molecule has 3 rings (SSSR count). The highest BCUT2D eigenvalue weighted by molar-refractivity contribution is 7.80. The van der Waals surface area contributed by atoms with E-state index in [0.717, 1.165) is 0 Å². The number of benzene rings is 1. The summed E-state index contributed by atoms with van der Waals surface area (Å²) in [5.74, 6) is -5.48.